The summed E-state index contributed by atoms with van der Waals surface area (Å²) in [5, 5.41) is 0. The fourth-order valence-corrected chi connectivity index (χ4v) is 2.10. The van der Waals surface area contributed by atoms with Crippen molar-refractivity contribution in [3.63, 3.8) is 0 Å². The predicted molar refractivity (Wildman–Crippen MR) is 101 cm³/mol. The normalized spacial score (nSPS) is 10.7. The van der Waals surface area contributed by atoms with Crippen molar-refractivity contribution in [1.29, 1.82) is 0 Å². The van der Waals surface area contributed by atoms with Crippen LogP contribution in [0.2, 0.25) is 0 Å². The molecule has 0 unspecified atom stereocenters. The van der Waals surface area contributed by atoms with Crippen molar-refractivity contribution >= 4 is 11.6 Å². The molecule has 2 aromatic carbocycles. The lowest BCUT2D eigenvalue weighted by atomic mass is 10.0. The van der Waals surface area contributed by atoms with Gasteiger partial charge in [-0.25, -0.2) is 0 Å². The first-order valence-electron chi connectivity index (χ1n) is 7.93. The number of aryl methyl sites for hydroxylation is 3. The van der Waals surface area contributed by atoms with Crippen LogP contribution >= 0.6 is 0 Å². The Balaban J connectivity index is 0.000000235. The van der Waals surface area contributed by atoms with E-state index in [1.54, 1.807) is 0 Å². The summed E-state index contributed by atoms with van der Waals surface area (Å²) in [5.41, 5.74) is 7.85. The molecule has 0 fully saturated rings. The predicted octanol–water partition coefficient (Wildman–Crippen LogP) is 6.62. The van der Waals surface area contributed by atoms with Crippen molar-refractivity contribution in [2.45, 2.75) is 41.0 Å². The smallest absolute Gasteiger partial charge is 0.0224 e. The Labute approximate surface area is 136 Å². The molecular formula is C22H28. The first-order chi connectivity index (χ1) is 10.5. The van der Waals surface area contributed by atoms with Crippen LogP contribution in [0.4, 0.5) is 0 Å². The third kappa shape index (κ3) is 5.37. The number of rotatable bonds is 3. The van der Waals surface area contributed by atoms with Gasteiger partial charge in [0.2, 0.25) is 0 Å². The van der Waals surface area contributed by atoms with Gasteiger partial charge in [0.1, 0.15) is 0 Å². The molecule has 0 aliphatic rings. The molecule has 0 atom stereocenters. The summed E-state index contributed by atoms with van der Waals surface area (Å²) < 4.78 is 0. The van der Waals surface area contributed by atoms with E-state index >= 15 is 0 Å². The largest absolute Gasteiger partial charge is 0.0985 e. The van der Waals surface area contributed by atoms with Gasteiger partial charge < -0.3 is 0 Å². The lowest BCUT2D eigenvalue weighted by molar-refractivity contribution is 1.14. The highest BCUT2D eigenvalue weighted by atomic mass is 14.0. The topological polar surface area (TPSA) is 0 Å². The Morgan fingerprint density at radius 3 is 2.18 bits per heavy atom. The number of allylic oxidation sites excluding steroid dienone is 2. The van der Waals surface area contributed by atoms with Crippen LogP contribution in [0.15, 0.2) is 55.1 Å². The zero-order chi connectivity index (χ0) is 16.5. The molecule has 22 heavy (non-hydrogen) atoms. The number of benzene rings is 2. The average Bonchev–Trinajstić information content (AvgIpc) is 2.56. The molecular weight excluding hydrogens is 264 g/mol. The second kappa shape index (κ2) is 9.04. The quantitative estimate of drug-likeness (QED) is 0.596. The molecule has 0 aliphatic heterocycles. The van der Waals surface area contributed by atoms with Crippen LogP contribution in [-0.4, -0.2) is 0 Å². The summed E-state index contributed by atoms with van der Waals surface area (Å²) in [6.07, 6.45) is 5.17. The highest BCUT2D eigenvalue weighted by Crippen LogP contribution is 2.18. The van der Waals surface area contributed by atoms with Crippen LogP contribution in [0, 0.1) is 13.8 Å². The zero-order valence-corrected chi connectivity index (χ0v) is 14.6. The van der Waals surface area contributed by atoms with E-state index in [1.807, 2.05) is 6.08 Å². The summed E-state index contributed by atoms with van der Waals surface area (Å²) in [7, 11) is 0. The van der Waals surface area contributed by atoms with Crippen molar-refractivity contribution < 1.29 is 0 Å². The first-order valence-corrected chi connectivity index (χ1v) is 7.93. The lowest BCUT2D eigenvalue weighted by Gasteiger charge is -2.05. The van der Waals surface area contributed by atoms with E-state index in [0.29, 0.717) is 0 Å². The Kier molecular flexibility index (Phi) is 7.39. The minimum Gasteiger partial charge on any atom is -0.0985 e. The summed E-state index contributed by atoms with van der Waals surface area (Å²) in [5.74, 6) is 0. The molecule has 0 amide bonds. The maximum Gasteiger partial charge on any atom is -0.0224 e. The molecule has 0 nitrogen and oxygen atoms in total. The van der Waals surface area contributed by atoms with Crippen molar-refractivity contribution in [3.8, 4) is 0 Å². The van der Waals surface area contributed by atoms with E-state index in [4.69, 9.17) is 0 Å². The van der Waals surface area contributed by atoms with Crippen LogP contribution in [0.25, 0.3) is 11.6 Å². The van der Waals surface area contributed by atoms with Crippen LogP contribution in [-0.2, 0) is 6.42 Å². The monoisotopic (exact) mass is 292 g/mol. The molecule has 0 heterocycles. The Hall–Kier alpha value is -2.08. The highest BCUT2D eigenvalue weighted by molar-refractivity contribution is 5.67. The number of hydrogen-bond donors (Lipinski definition) is 0. The van der Waals surface area contributed by atoms with Crippen LogP contribution in [0.1, 0.15) is 48.6 Å². The summed E-state index contributed by atoms with van der Waals surface area (Å²) >= 11 is 0. The van der Waals surface area contributed by atoms with E-state index in [0.717, 1.165) is 6.42 Å². The van der Waals surface area contributed by atoms with Gasteiger partial charge in [-0.2, -0.15) is 0 Å². The minimum atomic E-state index is 1.14. The Morgan fingerprint density at radius 2 is 1.68 bits per heavy atom. The van der Waals surface area contributed by atoms with Crippen LogP contribution in [0.5, 0.6) is 0 Å². The standard InChI is InChI=1S/C13H16.C9H12/c1-5-10(3)13-8-7-11(4)12(6-2)9-13;1-3-9-6-4-8(2)5-7-9/h5-9H,2H2,1,3-4H3;4-7H,3H2,1-2H3/b10-5+;. The Bertz CT molecular complexity index is 628. The number of hydrogen-bond acceptors (Lipinski definition) is 0. The molecule has 0 bridgehead atoms. The van der Waals surface area contributed by atoms with Crippen LogP contribution in [0.3, 0.4) is 0 Å². The summed E-state index contributed by atoms with van der Waals surface area (Å²) in [6.45, 7) is 14.4. The molecule has 0 N–H and O–H groups in total. The molecule has 116 valence electrons. The zero-order valence-electron chi connectivity index (χ0n) is 14.6. The minimum absolute atomic E-state index is 1.14. The SMILES string of the molecule is C=Cc1cc(/C(C)=C/C)ccc1C.CCc1ccc(C)cc1. The molecule has 0 aromatic heterocycles. The molecule has 0 heteroatoms. The van der Waals surface area contributed by atoms with Crippen LogP contribution < -0.4 is 0 Å². The molecule has 2 rings (SSSR count). The molecule has 0 radical (unpaired) electrons. The van der Waals surface area contributed by atoms with Gasteiger partial charge in [0.05, 0.1) is 0 Å². The first kappa shape index (κ1) is 18.0. The lowest BCUT2D eigenvalue weighted by Crippen LogP contribution is -1.84. The van der Waals surface area contributed by atoms with Gasteiger partial charge in [-0.05, 0) is 68.0 Å². The molecule has 0 saturated carbocycles. The van der Waals surface area contributed by atoms with Gasteiger partial charge >= 0.3 is 0 Å². The third-order valence-corrected chi connectivity index (χ3v) is 3.92. The maximum absolute atomic E-state index is 3.80. The van der Waals surface area contributed by atoms with Gasteiger partial charge in [0.15, 0.2) is 0 Å². The van der Waals surface area contributed by atoms with Crippen molar-refractivity contribution in [1.82, 2.24) is 0 Å². The summed E-state index contributed by atoms with van der Waals surface area (Å²) in [6, 6.07) is 15.1. The van der Waals surface area contributed by atoms with Gasteiger partial charge in [0.25, 0.3) is 0 Å². The molecule has 0 saturated heterocycles. The highest BCUT2D eigenvalue weighted by Gasteiger charge is 1.97. The Morgan fingerprint density at radius 1 is 1.05 bits per heavy atom. The van der Waals surface area contributed by atoms with Gasteiger partial charge in [-0.3, -0.25) is 0 Å². The van der Waals surface area contributed by atoms with E-state index in [2.05, 4.69) is 89.7 Å². The fourth-order valence-electron chi connectivity index (χ4n) is 2.10. The summed E-state index contributed by atoms with van der Waals surface area (Å²) in [4.78, 5) is 0. The maximum atomic E-state index is 3.80. The van der Waals surface area contributed by atoms with Crippen molar-refractivity contribution in [3.05, 3.63) is 82.9 Å². The third-order valence-electron chi connectivity index (χ3n) is 3.92. The van der Waals surface area contributed by atoms with Gasteiger partial charge in [0, 0.05) is 0 Å². The molecule has 2 aromatic rings. The van der Waals surface area contributed by atoms with E-state index in [9.17, 15) is 0 Å². The van der Waals surface area contributed by atoms with E-state index in [1.165, 1.54) is 33.4 Å². The van der Waals surface area contributed by atoms with Gasteiger partial charge in [-0.1, -0.05) is 67.6 Å². The van der Waals surface area contributed by atoms with E-state index in [-0.39, 0.29) is 0 Å². The van der Waals surface area contributed by atoms with Crippen molar-refractivity contribution in [2.75, 3.05) is 0 Å². The second-order valence-corrected chi connectivity index (χ2v) is 5.59. The second-order valence-electron chi connectivity index (χ2n) is 5.59. The molecule has 0 aliphatic carbocycles. The van der Waals surface area contributed by atoms with Gasteiger partial charge in [-0.15, -0.1) is 0 Å². The fraction of sp³-hybridized carbons (Fsp3) is 0.273. The average molecular weight is 292 g/mol. The van der Waals surface area contributed by atoms with Crippen molar-refractivity contribution in [2.24, 2.45) is 0 Å². The van der Waals surface area contributed by atoms with E-state index < -0.39 is 0 Å². The molecule has 0 spiro atoms.